The molecule has 1 aliphatic heterocycles. The Balaban J connectivity index is 2.55. The summed E-state index contributed by atoms with van der Waals surface area (Å²) in [7, 11) is -2.20. The molecule has 0 aromatic rings. The quantitative estimate of drug-likeness (QED) is 0.400. The molecule has 8 heavy (non-hydrogen) atoms. The number of hydrogen-bond acceptors (Lipinski definition) is 4. The minimum atomic E-state index is -2.20. The van der Waals surface area contributed by atoms with E-state index in [9.17, 15) is 8.96 Å². The van der Waals surface area contributed by atoms with Crippen LogP contribution in [0.5, 0.6) is 0 Å². The number of halogens is 1. The van der Waals surface area contributed by atoms with Gasteiger partial charge >= 0.3 is 8.25 Å². The van der Waals surface area contributed by atoms with Crippen molar-refractivity contribution in [1.29, 1.82) is 0 Å². The summed E-state index contributed by atoms with van der Waals surface area (Å²) in [6.45, 7) is 0. The first-order valence-corrected chi connectivity index (χ1v) is 2.81. The first-order valence-electron chi connectivity index (χ1n) is 1.72. The molecule has 1 rings (SSSR count). The highest BCUT2D eigenvalue weighted by atomic mass is 31.1. The van der Waals surface area contributed by atoms with Gasteiger partial charge < -0.3 is 0 Å². The van der Waals surface area contributed by atoms with Gasteiger partial charge in [0.25, 0.3) is 5.95 Å². The molecule has 44 valence electrons. The Kier molecular flexibility index (Phi) is 1.41. The van der Waals surface area contributed by atoms with E-state index in [0.29, 0.717) is 6.26 Å². The molecular formula is C2H2FNO3P+. The third-order valence-electron chi connectivity index (χ3n) is 0.460. The molecule has 0 spiro atoms. The third-order valence-corrected chi connectivity index (χ3v) is 0.978. The summed E-state index contributed by atoms with van der Waals surface area (Å²) in [5.74, 6) is -0.792. The predicted molar refractivity (Wildman–Crippen MR) is 22.1 cm³/mol. The van der Waals surface area contributed by atoms with Gasteiger partial charge in [0.1, 0.15) is 0 Å². The maximum absolute atomic E-state index is 11.7. The Bertz CT molecular complexity index is 146. The Morgan fingerprint density at radius 1 is 1.88 bits per heavy atom. The second-order valence-electron chi connectivity index (χ2n) is 0.988. The van der Waals surface area contributed by atoms with Crippen molar-refractivity contribution in [2.45, 2.75) is 0 Å². The van der Waals surface area contributed by atoms with Crippen molar-refractivity contribution < 1.29 is 18.1 Å². The number of hydrogen-bond donors (Lipinski definition) is 1. The molecule has 1 N–H and O–H groups in total. The Morgan fingerprint density at radius 3 is 3.00 bits per heavy atom. The normalized spacial score (nSPS) is 23.1. The molecular weight excluding hydrogens is 136 g/mol. The Hall–Kier alpha value is -0.670. The van der Waals surface area contributed by atoms with Crippen LogP contribution >= 0.6 is 8.25 Å². The molecule has 0 aromatic carbocycles. The van der Waals surface area contributed by atoms with Gasteiger partial charge in [-0.15, -0.1) is 0 Å². The van der Waals surface area contributed by atoms with Crippen LogP contribution in [0.2, 0.25) is 0 Å². The first kappa shape index (κ1) is 5.47. The summed E-state index contributed by atoms with van der Waals surface area (Å²) in [6.07, 6.45) is 0.683. The van der Waals surface area contributed by atoms with Crippen LogP contribution in [0, 0.1) is 0 Å². The lowest BCUT2D eigenvalue weighted by Gasteiger charge is -1.94. The summed E-state index contributed by atoms with van der Waals surface area (Å²) in [6, 6.07) is 0. The maximum atomic E-state index is 11.7. The molecule has 0 saturated heterocycles. The summed E-state index contributed by atoms with van der Waals surface area (Å²) >= 11 is 0. The van der Waals surface area contributed by atoms with E-state index in [1.807, 2.05) is 0 Å². The first-order chi connectivity index (χ1) is 3.79. The minimum absolute atomic E-state index is 0.683. The van der Waals surface area contributed by atoms with Crippen molar-refractivity contribution in [3.05, 3.63) is 12.2 Å². The lowest BCUT2D eigenvalue weighted by Crippen LogP contribution is -2.09. The topological polar surface area (TPSA) is 47.6 Å². The van der Waals surface area contributed by atoms with E-state index in [4.69, 9.17) is 0 Å². The van der Waals surface area contributed by atoms with Crippen LogP contribution < -0.4 is 5.48 Å². The molecule has 1 heterocycles. The minimum Gasteiger partial charge on any atom is -0.231 e. The smallest absolute Gasteiger partial charge is 0.231 e. The SMILES string of the molecule is O=[P+]1OC=C(F)NO1. The number of rotatable bonds is 0. The molecule has 1 unspecified atom stereocenters. The summed E-state index contributed by atoms with van der Waals surface area (Å²) < 4.78 is 29.8. The van der Waals surface area contributed by atoms with Crippen molar-refractivity contribution >= 4 is 8.25 Å². The van der Waals surface area contributed by atoms with Crippen LogP contribution in [-0.4, -0.2) is 0 Å². The van der Waals surface area contributed by atoms with Crippen molar-refractivity contribution in [3.63, 3.8) is 0 Å². The molecule has 0 fully saturated rings. The van der Waals surface area contributed by atoms with E-state index in [-0.39, 0.29) is 0 Å². The van der Waals surface area contributed by atoms with Gasteiger partial charge in [-0.2, -0.15) is 9.87 Å². The molecule has 4 nitrogen and oxygen atoms in total. The maximum Gasteiger partial charge on any atom is 0.774 e. The number of nitrogens with one attached hydrogen (secondary N) is 1. The van der Waals surface area contributed by atoms with Crippen LogP contribution in [0.25, 0.3) is 0 Å². The van der Waals surface area contributed by atoms with E-state index in [1.54, 1.807) is 5.48 Å². The monoisotopic (exact) mass is 138 g/mol. The molecule has 0 amide bonds. The van der Waals surface area contributed by atoms with E-state index < -0.39 is 14.2 Å². The predicted octanol–water partition coefficient (Wildman–Crippen LogP) is 0.964. The third kappa shape index (κ3) is 1.15. The number of hydroxylamine groups is 1. The van der Waals surface area contributed by atoms with Crippen LogP contribution in [-0.2, 0) is 13.7 Å². The molecule has 6 heteroatoms. The summed E-state index contributed by atoms with van der Waals surface area (Å²) in [5, 5.41) is 0. The van der Waals surface area contributed by atoms with Crippen LogP contribution in [0.1, 0.15) is 0 Å². The Labute approximate surface area is 45.2 Å². The van der Waals surface area contributed by atoms with Crippen molar-refractivity contribution in [3.8, 4) is 0 Å². The lowest BCUT2D eigenvalue weighted by molar-refractivity contribution is 0.151. The molecule has 0 saturated carbocycles. The highest BCUT2D eigenvalue weighted by molar-refractivity contribution is 7.33. The van der Waals surface area contributed by atoms with Gasteiger partial charge in [0.05, 0.1) is 0 Å². The second-order valence-corrected chi connectivity index (χ2v) is 1.83. The average molecular weight is 138 g/mol. The van der Waals surface area contributed by atoms with Crippen molar-refractivity contribution in [2.24, 2.45) is 0 Å². The molecule has 1 aliphatic rings. The van der Waals surface area contributed by atoms with E-state index >= 15 is 0 Å². The molecule has 0 aromatic heterocycles. The summed E-state index contributed by atoms with van der Waals surface area (Å²) in [4.78, 5) is 0. The molecule has 0 radical (unpaired) electrons. The van der Waals surface area contributed by atoms with Crippen molar-refractivity contribution in [1.82, 2.24) is 5.48 Å². The Morgan fingerprint density at radius 2 is 2.62 bits per heavy atom. The van der Waals surface area contributed by atoms with Gasteiger partial charge in [-0.3, -0.25) is 0 Å². The zero-order valence-electron chi connectivity index (χ0n) is 3.63. The fourth-order valence-corrected chi connectivity index (χ4v) is 0.599. The zero-order chi connectivity index (χ0) is 5.98. The molecule has 1 atom stereocenters. The van der Waals surface area contributed by atoms with E-state index in [1.165, 1.54) is 0 Å². The fourth-order valence-electron chi connectivity index (χ4n) is 0.216. The van der Waals surface area contributed by atoms with Gasteiger partial charge in [0, 0.05) is 9.19 Å². The van der Waals surface area contributed by atoms with Crippen LogP contribution in [0.15, 0.2) is 12.2 Å². The van der Waals surface area contributed by atoms with Crippen LogP contribution in [0.4, 0.5) is 4.39 Å². The molecule has 0 aliphatic carbocycles. The van der Waals surface area contributed by atoms with Gasteiger partial charge in [0.2, 0.25) is 6.26 Å². The van der Waals surface area contributed by atoms with Gasteiger partial charge in [-0.25, -0.2) is 4.52 Å². The second kappa shape index (κ2) is 2.07. The zero-order valence-corrected chi connectivity index (χ0v) is 4.52. The van der Waals surface area contributed by atoms with Gasteiger partial charge in [-0.05, 0) is 0 Å². The summed E-state index contributed by atoms with van der Waals surface area (Å²) in [5.41, 5.74) is 1.72. The highest BCUT2D eigenvalue weighted by Crippen LogP contribution is 2.26. The van der Waals surface area contributed by atoms with E-state index in [0.717, 1.165) is 0 Å². The largest absolute Gasteiger partial charge is 0.774 e. The average Bonchev–Trinajstić information content (AvgIpc) is 1.77. The lowest BCUT2D eigenvalue weighted by atomic mass is 11.0. The van der Waals surface area contributed by atoms with Crippen LogP contribution in [0.3, 0.4) is 0 Å². The van der Waals surface area contributed by atoms with Crippen molar-refractivity contribution in [2.75, 3.05) is 0 Å². The fraction of sp³-hybridized carbons (Fsp3) is 0. The molecule has 0 bridgehead atoms. The van der Waals surface area contributed by atoms with E-state index in [2.05, 4.69) is 9.15 Å². The highest BCUT2D eigenvalue weighted by Gasteiger charge is 2.26. The standard InChI is InChI=1S/C2H2FNO3P/c3-2-1-6-8(5)7-4-2/h1,4H/q+1. The van der Waals surface area contributed by atoms with Gasteiger partial charge in [-0.1, -0.05) is 0 Å². The van der Waals surface area contributed by atoms with Gasteiger partial charge in [0.15, 0.2) is 0 Å².